The van der Waals surface area contributed by atoms with Gasteiger partial charge in [-0.1, -0.05) is 73.0 Å². The van der Waals surface area contributed by atoms with E-state index in [1.807, 2.05) is 70.7 Å². The van der Waals surface area contributed by atoms with Gasteiger partial charge in [0.2, 0.25) is 0 Å². The molecule has 0 atom stereocenters. The zero-order valence-electron chi connectivity index (χ0n) is 11.3. The molecular formula is C12H24S7. The molecule has 1 rings (SSSR count). The van der Waals surface area contributed by atoms with Crippen LogP contribution in [0.15, 0.2) is 0 Å². The van der Waals surface area contributed by atoms with Crippen molar-refractivity contribution < 1.29 is 0 Å². The molecule has 1 fully saturated rings. The molecule has 1 heterocycles. The fourth-order valence-corrected chi connectivity index (χ4v) is 16.4. The zero-order chi connectivity index (χ0) is 13.4. The van der Waals surface area contributed by atoms with Crippen LogP contribution in [-0.2, 0) is 0 Å². The molecule has 1 saturated heterocycles. The molecule has 0 aromatic rings. The van der Waals surface area contributed by atoms with E-state index >= 15 is 0 Å². The second kappa shape index (κ2) is 16.8. The van der Waals surface area contributed by atoms with Crippen LogP contribution in [0.4, 0.5) is 0 Å². The fraction of sp³-hybridized carbons (Fsp3) is 1.00. The number of hydrogen-bond acceptors (Lipinski definition) is 7. The quantitative estimate of drug-likeness (QED) is 0.374. The largest absolute Gasteiger partial charge is 0.0817 e. The monoisotopic (exact) mass is 392 g/mol. The SMILES string of the molecule is C1CCCCCCSSSSSSSCCCCC1. The first kappa shape index (κ1) is 19.5. The fourth-order valence-electron chi connectivity index (χ4n) is 1.88. The van der Waals surface area contributed by atoms with E-state index in [1.54, 1.807) is 0 Å². The minimum Gasteiger partial charge on any atom is -0.0817 e. The van der Waals surface area contributed by atoms with Gasteiger partial charge in [-0.3, -0.25) is 0 Å². The minimum atomic E-state index is 1.32. The van der Waals surface area contributed by atoms with Gasteiger partial charge in [0.15, 0.2) is 0 Å². The molecule has 1 aliphatic rings. The Kier molecular flexibility index (Phi) is 17.3. The average molecular weight is 393 g/mol. The Labute approximate surface area is 145 Å². The van der Waals surface area contributed by atoms with Crippen molar-refractivity contribution >= 4 is 70.7 Å². The van der Waals surface area contributed by atoms with E-state index in [0.717, 1.165) is 0 Å². The molecule has 0 aliphatic carbocycles. The Bertz CT molecular complexity index is 98.8. The molecule has 0 aromatic heterocycles. The molecule has 0 radical (unpaired) electrons. The van der Waals surface area contributed by atoms with E-state index in [1.165, 1.54) is 75.7 Å². The summed E-state index contributed by atoms with van der Waals surface area (Å²) in [7, 11) is 13.7. The van der Waals surface area contributed by atoms with Crippen molar-refractivity contribution in [2.24, 2.45) is 0 Å². The normalized spacial score (nSPS) is 24.0. The lowest BCUT2D eigenvalue weighted by atomic mass is 10.1. The summed E-state index contributed by atoms with van der Waals surface area (Å²) in [5.74, 6) is 2.65. The van der Waals surface area contributed by atoms with Crippen molar-refractivity contribution in [1.82, 2.24) is 0 Å². The van der Waals surface area contributed by atoms with E-state index in [-0.39, 0.29) is 0 Å². The van der Waals surface area contributed by atoms with Crippen molar-refractivity contribution in [3.63, 3.8) is 0 Å². The van der Waals surface area contributed by atoms with E-state index < -0.39 is 0 Å². The highest BCUT2D eigenvalue weighted by molar-refractivity contribution is 9.45. The summed E-state index contributed by atoms with van der Waals surface area (Å²) in [6.45, 7) is 0. The Balaban J connectivity index is 2.01. The smallest absolute Gasteiger partial charge is 0.00454 e. The predicted octanol–water partition coefficient (Wildman–Crippen LogP) is 8.52. The van der Waals surface area contributed by atoms with Crippen molar-refractivity contribution in [3.8, 4) is 0 Å². The second-order valence-electron chi connectivity index (χ2n) is 4.52. The van der Waals surface area contributed by atoms with E-state index in [2.05, 4.69) is 0 Å². The molecule has 0 spiro atoms. The lowest BCUT2D eigenvalue weighted by Gasteiger charge is -2.02. The van der Waals surface area contributed by atoms with Crippen molar-refractivity contribution in [1.29, 1.82) is 0 Å². The van der Waals surface area contributed by atoms with E-state index in [9.17, 15) is 0 Å². The third-order valence-electron chi connectivity index (χ3n) is 2.91. The van der Waals surface area contributed by atoms with Crippen molar-refractivity contribution in [2.75, 3.05) is 11.5 Å². The van der Waals surface area contributed by atoms with Crippen LogP contribution >= 0.6 is 70.7 Å². The van der Waals surface area contributed by atoms with Crippen LogP contribution in [0, 0.1) is 0 Å². The van der Waals surface area contributed by atoms with Gasteiger partial charge in [-0.25, -0.2) is 0 Å². The van der Waals surface area contributed by atoms with Crippen LogP contribution in [0.3, 0.4) is 0 Å². The highest BCUT2D eigenvalue weighted by Gasteiger charge is 1.98. The molecule has 0 bridgehead atoms. The molecule has 0 nitrogen and oxygen atoms in total. The molecule has 0 amide bonds. The summed E-state index contributed by atoms with van der Waals surface area (Å²) in [4.78, 5) is 0. The van der Waals surface area contributed by atoms with Gasteiger partial charge in [-0.2, -0.15) is 0 Å². The van der Waals surface area contributed by atoms with Gasteiger partial charge in [-0.05, 0) is 62.0 Å². The Hall–Kier alpha value is 2.45. The maximum absolute atomic E-state index is 2.03. The average Bonchev–Trinajstić information content (AvgIpc) is 2.43. The molecule has 0 unspecified atom stereocenters. The minimum absolute atomic E-state index is 1.32. The predicted molar refractivity (Wildman–Crippen MR) is 109 cm³/mol. The molecule has 7 heteroatoms. The van der Waals surface area contributed by atoms with Crippen molar-refractivity contribution in [2.45, 2.75) is 64.2 Å². The summed E-state index contributed by atoms with van der Waals surface area (Å²) in [5.41, 5.74) is 0. The van der Waals surface area contributed by atoms with Gasteiger partial charge in [0.1, 0.15) is 0 Å². The van der Waals surface area contributed by atoms with Crippen LogP contribution in [0.2, 0.25) is 0 Å². The maximum Gasteiger partial charge on any atom is 0.00454 e. The molecule has 114 valence electrons. The summed E-state index contributed by atoms with van der Waals surface area (Å²) in [5, 5.41) is 0. The summed E-state index contributed by atoms with van der Waals surface area (Å²) in [6, 6.07) is 0. The first-order valence-electron chi connectivity index (χ1n) is 7.08. The Morgan fingerprint density at radius 1 is 0.316 bits per heavy atom. The molecular weight excluding hydrogens is 369 g/mol. The molecule has 0 N–H and O–H groups in total. The first-order chi connectivity index (χ1) is 9.50. The highest BCUT2D eigenvalue weighted by atomic mass is 33.9. The van der Waals surface area contributed by atoms with Crippen LogP contribution in [0.25, 0.3) is 0 Å². The van der Waals surface area contributed by atoms with Gasteiger partial charge < -0.3 is 0 Å². The summed E-state index contributed by atoms with van der Waals surface area (Å²) in [6.07, 6.45) is 14.5. The van der Waals surface area contributed by atoms with Crippen LogP contribution in [0.5, 0.6) is 0 Å². The van der Waals surface area contributed by atoms with Crippen LogP contribution in [0.1, 0.15) is 64.2 Å². The molecule has 19 heavy (non-hydrogen) atoms. The third kappa shape index (κ3) is 15.1. The molecule has 0 aromatic carbocycles. The summed E-state index contributed by atoms with van der Waals surface area (Å²) >= 11 is 0. The summed E-state index contributed by atoms with van der Waals surface area (Å²) < 4.78 is 0. The molecule has 0 saturated carbocycles. The van der Waals surface area contributed by atoms with Crippen LogP contribution in [-0.4, -0.2) is 11.5 Å². The van der Waals surface area contributed by atoms with Gasteiger partial charge >= 0.3 is 0 Å². The van der Waals surface area contributed by atoms with Gasteiger partial charge in [-0.15, -0.1) is 0 Å². The maximum atomic E-state index is 2.03. The van der Waals surface area contributed by atoms with Gasteiger partial charge in [0, 0.05) is 11.5 Å². The lowest BCUT2D eigenvalue weighted by molar-refractivity contribution is 0.564. The second-order valence-corrected chi connectivity index (χ2v) is 16.1. The Morgan fingerprint density at radius 3 is 1.05 bits per heavy atom. The van der Waals surface area contributed by atoms with E-state index in [0.29, 0.717) is 0 Å². The number of rotatable bonds is 0. The third-order valence-corrected chi connectivity index (χ3v) is 16.2. The standard InChI is InChI=1S/C12H24S7/c1-2-4-6-8-10-12-14-16-18-19-17-15-13-11-9-7-5-3-1/h1-12H2. The van der Waals surface area contributed by atoms with Crippen LogP contribution < -0.4 is 0 Å². The van der Waals surface area contributed by atoms with Gasteiger partial charge in [0.25, 0.3) is 0 Å². The first-order valence-corrected chi connectivity index (χ1v) is 16.2. The van der Waals surface area contributed by atoms with Crippen molar-refractivity contribution in [3.05, 3.63) is 0 Å². The van der Waals surface area contributed by atoms with Gasteiger partial charge in [0.05, 0.1) is 0 Å². The Morgan fingerprint density at radius 2 is 0.632 bits per heavy atom. The molecule has 1 aliphatic heterocycles. The number of hydrogen-bond donors (Lipinski definition) is 0. The highest BCUT2D eigenvalue weighted by Crippen LogP contribution is 2.55. The van der Waals surface area contributed by atoms with E-state index in [4.69, 9.17) is 0 Å². The topological polar surface area (TPSA) is 0 Å². The zero-order valence-corrected chi connectivity index (χ0v) is 17.1. The lowest BCUT2D eigenvalue weighted by Crippen LogP contribution is -1.83.